The van der Waals surface area contributed by atoms with Crippen LogP contribution in [0.1, 0.15) is 24.0 Å². The van der Waals surface area contributed by atoms with Crippen molar-refractivity contribution in [2.75, 3.05) is 13.1 Å². The van der Waals surface area contributed by atoms with Crippen LogP contribution in [0.25, 0.3) is 39.1 Å². The number of hydrogen-bond donors (Lipinski definition) is 3. The smallest absolute Gasteiger partial charge is 0.475 e. The number of carboxylic acids is 1. The Morgan fingerprint density at radius 3 is 2.29 bits per heavy atom. The normalized spacial score (nSPS) is 14.6. The van der Waals surface area contributed by atoms with Crippen LogP contribution in [0.15, 0.2) is 115 Å². The number of halogens is 3. The van der Waals surface area contributed by atoms with E-state index in [1.165, 1.54) is 5.56 Å². The van der Waals surface area contributed by atoms with Crippen molar-refractivity contribution in [2.45, 2.75) is 31.2 Å². The van der Waals surface area contributed by atoms with Gasteiger partial charge in [0, 0.05) is 54.9 Å². The Balaban J connectivity index is 0.000000540. The largest absolute Gasteiger partial charge is 0.490 e. The Kier molecular flexibility index (Phi) is 9.38. The summed E-state index contributed by atoms with van der Waals surface area (Å²) in [5.41, 5.74) is 5.44. The van der Waals surface area contributed by atoms with Gasteiger partial charge in [-0.3, -0.25) is 9.69 Å². The van der Waals surface area contributed by atoms with Crippen LogP contribution >= 0.6 is 0 Å². The molecule has 0 radical (unpaired) electrons. The molecule has 5 heterocycles. The molecule has 0 amide bonds. The molecule has 10 nitrogen and oxygen atoms in total. The molecule has 49 heavy (non-hydrogen) atoms. The maximum absolute atomic E-state index is 12.5. The van der Waals surface area contributed by atoms with Gasteiger partial charge in [0.1, 0.15) is 0 Å². The minimum Gasteiger partial charge on any atom is -0.475 e. The zero-order chi connectivity index (χ0) is 34.6. The number of aliphatic hydroxyl groups is 1. The Hall–Kier alpha value is -5.66. The second-order valence-electron chi connectivity index (χ2n) is 11.7. The summed E-state index contributed by atoms with van der Waals surface area (Å²) in [5.74, 6) is -2.02. The van der Waals surface area contributed by atoms with Crippen LogP contribution in [0.2, 0.25) is 0 Å². The maximum atomic E-state index is 12.5. The van der Waals surface area contributed by atoms with Gasteiger partial charge in [0.05, 0.1) is 28.4 Å². The summed E-state index contributed by atoms with van der Waals surface area (Å²) in [6, 6.07) is 28.0. The fourth-order valence-corrected chi connectivity index (χ4v) is 5.74. The highest BCUT2D eigenvalue weighted by molar-refractivity contribution is 5.91. The molecule has 3 N–H and O–H groups in total. The number of alkyl halides is 3. The van der Waals surface area contributed by atoms with Crippen molar-refractivity contribution in [1.29, 1.82) is 0 Å². The van der Waals surface area contributed by atoms with E-state index < -0.39 is 17.7 Å². The van der Waals surface area contributed by atoms with E-state index in [-0.39, 0.29) is 5.56 Å². The summed E-state index contributed by atoms with van der Waals surface area (Å²) in [4.78, 5) is 35.8. The molecular weight excluding hydrogens is 637 g/mol. The molecule has 1 aliphatic rings. The highest BCUT2D eigenvalue weighted by Gasteiger charge is 2.38. The van der Waals surface area contributed by atoms with Crippen LogP contribution < -0.4 is 5.56 Å². The first-order valence-electron chi connectivity index (χ1n) is 15.4. The minimum absolute atomic E-state index is 0.144. The zero-order valence-corrected chi connectivity index (χ0v) is 26.0. The number of pyridine rings is 3. The molecule has 4 aromatic heterocycles. The molecule has 1 aliphatic heterocycles. The summed E-state index contributed by atoms with van der Waals surface area (Å²) in [5, 5.41) is 23.6. The van der Waals surface area contributed by atoms with Gasteiger partial charge in [-0.25, -0.2) is 19.4 Å². The van der Waals surface area contributed by atoms with Crippen LogP contribution in [0, 0.1) is 0 Å². The second-order valence-corrected chi connectivity index (χ2v) is 11.7. The maximum Gasteiger partial charge on any atom is 0.490 e. The molecule has 6 aromatic rings. The number of likely N-dealkylation sites (tertiary alicyclic amines) is 1. The third kappa shape index (κ3) is 7.58. The van der Waals surface area contributed by atoms with E-state index in [9.17, 15) is 23.1 Å². The van der Waals surface area contributed by atoms with E-state index >= 15 is 0 Å². The quantitative estimate of drug-likeness (QED) is 0.198. The number of fused-ring (bicyclic) bond motifs is 1. The summed E-state index contributed by atoms with van der Waals surface area (Å²) >= 11 is 0. The summed E-state index contributed by atoms with van der Waals surface area (Å²) in [6.45, 7) is 2.37. The van der Waals surface area contributed by atoms with Crippen molar-refractivity contribution >= 4 is 16.9 Å². The highest BCUT2D eigenvalue weighted by atomic mass is 19.4. The first-order chi connectivity index (χ1) is 23.5. The number of hydrogen-bond acceptors (Lipinski definition) is 7. The number of benzene rings is 2. The molecule has 1 saturated heterocycles. The van der Waals surface area contributed by atoms with Crippen molar-refractivity contribution in [1.82, 2.24) is 29.6 Å². The predicted molar refractivity (Wildman–Crippen MR) is 177 cm³/mol. The van der Waals surface area contributed by atoms with Gasteiger partial charge in [-0.15, -0.1) is 0 Å². The second kappa shape index (κ2) is 13.8. The standard InChI is InChI=1S/C34H30N6O2.C2HF3O2/c41-33-29-20-28(25-6-2-1-3-7-25)32(38-30(29)13-17-36-33)26-11-9-24(10-12-26)22-39-18-14-34(42,15-19-39)27-21-37-40(23-27)31-8-4-5-16-35-31;3-2(4,5)1(6)7/h1-13,16-17,20-21,23,42H,14-15,18-19,22H2,(H,36,41);(H,6,7). The molecule has 250 valence electrons. The van der Waals surface area contributed by atoms with Crippen molar-refractivity contribution in [3.8, 4) is 28.2 Å². The van der Waals surface area contributed by atoms with Gasteiger partial charge in [0.15, 0.2) is 5.82 Å². The Morgan fingerprint density at radius 1 is 0.939 bits per heavy atom. The van der Waals surface area contributed by atoms with Gasteiger partial charge in [-0.1, -0.05) is 60.7 Å². The van der Waals surface area contributed by atoms with Gasteiger partial charge in [-0.2, -0.15) is 18.3 Å². The number of rotatable bonds is 6. The number of aliphatic carboxylic acids is 1. The summed E-state index contributed by atoms with van der Waals surface area (Å²) < 4.78 is 33.5. The number of H-pyrrole nitrogens is 1. The molecule has 0 spiro atoms. The van der Waals surface area contributed by atoms with E-state index in [1.54, 1.807) is 23.3 Å². The molecule has 13 heteroatoms. The average Bonchev–Trinajstić information content (AvgIpc) is 3.62. The lowest BCUT2D eigenvalue weighted by molar-refractivity contribution is -0.192. The van der Waals surface area contributed by atoms with Crippen molar-refractivity contribution in [2.24, 2.45) is 0 Å². The fraction of sp³-hybridized carbons (Fsp3) is 0.194. The number of aromatic amines is 1. The zero-order valence-electron chi connectivity index (χ0n) is 26.0. The number of carboxylic acid groups (broad SMARTS) is 1. The highest BCUT2D eigenvalue weighted by Crippen LogP contribution is 2.35. The van der Waals surface area contributed by atoms with Crippen LogP contribution in [0.5, 0.6) is 0 Å². The third-order valence-corrected chi connectivity index (χ3v) is 8.40. The van der Waals surface area contributed by atoms with Crippen LogP contribution in [-0.2, 0) is 16.9 Å². The van der Waals surface area contributed by atoms with Crippen LogP contribution in [0.3, 0.4) is 0 Å². The molecule has 1 fully saturated rings. The summed E-state index contributed by atoms with van der Waals surface area (Å²) in [6.07, 6.45) is 3.21. The Morgan fingerprint density at radius 2 is 1.63 bits per heavy atom. The van der Waals surface area contributed by atoms with Gasteiger partial charge < -0.3 is 15.2 Å². The molecule has 2 aromatic carbocycles. The van der Waals surface area contributed by atoms with Gasteiger partial charge >= 0.3 is 12.1 Å². The molecule has 7 rings (SSSR count). The number of carbonyl (C=O) groups is 1. The number of aromatic nitrogens is 5. The molecule has 0 unspecified atom stereocenters. The lowest BCUT2D eigenvalue weighted by atomic mass is 9.86. The first-order valence-corrected chi connectivity index (χ1v) is 15.4. The van der Waals surface area contributed by atoms with E-state index in [4.69, 9.17) is 14.9 Å². The van der Waals surface area contributed by atoms with E-state index in [0.29, 0.717) is 23.7 Å². The Labute approximate surface area is 278 Å². The topological polar surface area (TPSA) is 137 Å². The van der Waals surface area contributed by atoms with Gasteiger partial charge in [0.25, 0.3) is 5.56 Å². The summed E-state index contributed by atoms with van der Waals surface area (Å²) in [7, 11) is 0. The molecular formula is C36H31F3N6O4. The average molecular weight is 669 g/mol. The monoisotopic (exact) mass is 668 g/mol. The molecule has 0 aliphatic carbocycles. The minimum atomic E-state index is -5.08. The van der Waals surface area contributed by atoms with E-state index in [2.05, 4.69) is 44.2 Å². The molecule has 0 saturated carbocycles. The van der Waals surface area contributed by atoms with E-state index in [0.717, 1.165) is 53.4 Å². The van der Waals surface area contributed by atoms with Crippen molar-refractivity contribution in [3.05, 3.63) is 131 Å². The molecule has 0 bridgehead atoms. The van der Waals surface area contributed by atoms with Crippen molar-refractivity contribution < 1.29 is 28.2 Å². The molecule has 0 atom stereocenters. The fourth-order valence-electron chi connectivity index (χ4n) is 5.74. The number of piperidine rings is 1. The lowest BCUT2D eigenvalue weighted by Gasteiger charge is -2.37. The van der Waals surface area contributed by atoms with E-state index in [1.807, 2.05) is 66.9 Å². The SMILES string of the molecule is O=C(O)C(F)(F)F.O=c1[nH]ccc2nc(-c3ccc(CN4CCC(O)(c5cnn(-c6ccccn6)c5)CC4)cc3)c(-c3ccccc3)cc12. The third-order valence-electron chi connectivity index (χ3n) is 8.40. The first kappa shape index (κ1) is 33.2. The van der Waals surface area contributed by atoms with Crippen LogP contribution in [-0.4, -0.2) is 65.1 Å². The lowest BCUT2D eigenvalue weighted by Crippen LogP contribution is -2.42. The Bertz CT molecular complexity index is 2110. The number of nitrogens with zero attached hydrogens (tertiary/aromatic N) is 5. The number of nitrogens with one attached hydrogen (secondary N) is 1. The van der Waals surface area contributed by atoms with Gasteiger partial charge in [-0.05, 0) is 48.2 Å². The van der Waals surface area contributed by atoms with Gasteiger partial charge in [0.2, 0.25) is 0 Å². The van der Waals surface area contributed by atoms with Crippen molar-refractivity contribution in [3.63, 3.8) is 0 Å². The predicted octanol–water partition coefficient (Wildman–Crippen LogP) is 5.95. The van der Waals surface area contributed by atoms with Crippen LogP contribution in [0.4, 0.5) is 13.2 Å².